The van der Waals surface area contributed by atoms with E-state index in [9.17, 15) is 4.79 Å². The second-order valence-electron chi connectivity index (χ2n) is 3.13. The summed E-state index contributed by atoms with van der Waals surface area (Å²) in [5, 5.41) is 1.88. The van der Waals surface area contributed by atoms with Crippen molar-refractivity contribution in [3.63, 3.8) is 0 Å². The van der Waals surface area contributed by atoms with Crippen LogP contribution < -0.4 is 4.74 Å². The Morgan fingerprint density at radius 1 is 1.50 bits per heavy atom. The summed E-state index contributed by atoms with van der Waals surface area (Å²) in [5.41, 5.74) is 0.672. The molecule has 0 aliphatic heterocycles. The molecule has 0 bridgehead atoms. The molecule has 0 atom stereocenters. The van der Waals surface area contributed by atoms with Gasteiger partial charge >= 0.3 is 0 Å². The number of methoxy groups -OCH3 is 1. The zero-order chi connectivity index (χ0) is 11.4. The molecule has 82 valence electrons. The Hall–Kier alpha value is -1.75. The minimum Gasteiger partial charge on any atom is -0.481 e. The Morgan fingerprint density at radius 2 is 2.38 bits per heavy atom. The molecule has 0 aliphatic rings. The summed E-state index contributed by atoms with van der Waals surface area (Å²) >= 11 is 1.44. The van der Waals surface area contributed by atoms with Gasteiger partial charge in [-0.3, -0.25) is 4.79 Å². The third kappa shape index (κ3) is 2.43. The van der Waals surface area contributed by atoms with Gasteiger partial charge in [0.2, 0.25) is 5.88 Å². The zero-order valence-corrected chi connectivity index (χ0v) is 9.53. The minimum atomic E-state index is 0.0655. The molecule has 0 amide bonds. The van der Waals surface area contributed by atoms with Crippen molar-refractivity contribution in [1.82, 2.24) is 9.97 Å². The normalized spacial score (nSPS) is 10.1. The van der Waals surface area contributed by atoms with Crippen LogP contribution in [0.25, 0.3) is 0 Å². The van der Waals surface area contributed by atoms with Gasteiger partial charge in [-0.25, -0.2) is 9.97 Å². The van der Waals surface area contributed by atoms with E-state index in [1.54, 1.807) is 6.07 Å². The van der Waals surface area contributed by atoms with E-state index in [0.717, 1.165) is 4.88 Å². The summed E-state index contributed by atoms with van der Waals surface area (Å²) in [7, 11) is 1.53. The second-order valence-corrected chi connectivity index (χ2v) is 4.08. The lowest BCUT2D eigenvalue weighted by molar-refractivity contribution is 0.0995. The van der Waals surface area contributed by atoms with Crippen LogP contribution in [0.3, 0.4) is 0 Å². The fourth-order valence-electron chi connectivity index (χ4n) is 1.27. The molecule has 0 saturated heterocycles. The Labute approximate surface area is 96.9 Å². The molecule has 2 rings (SSSR count). The number of ether oxygens (including phenoxy) is 1. The average Bonchev–Trinajstić information content (AvgIpc) is 2.83. The summed E-state index contributed by atoms with van der Waals surface area (Å²) in [5.74, 6) is 0.541. The highest BCUT2D eigenvalue weighted by atomic mass is 32.1. The highest BCUT2D eigenvalue weighted by Gasteiger charge is 2.09. The van der Waals surface area contributed by atoms with Crippen molar-refractivity contribution in [2.24, 2.45) is 0 Å². The summed E-state index contributed by atoms with van der Waals surface area (Å²) in [6, 6.07) is 5.34. The van der Waals surface area contributed by atoms with Crippen molar-refractivity contribution in [2.45, 2.75) is 6.42 Å². The molecule has 0 fully saturated rings. The molecule has 16 heavy (non-hydrogen) atoms. The van der Waals surface area contributed by atoms with Crippen LogP contribution in [0.2, 0.25) is 0 Å². The van der Waals surface area contributed by atoms with Gasteiger partial charge in [-0.05, 0) is 11.4 Å². The minimum absolute atomic E-state index is 0.0655. The van der Waals surface area contributed by atoms with Gasteiger partial charge in [-0.15, -0.1) is 11.3 Å². The SMILES string of the molecule is COc1cc(CC(=O)c2cccs2)ncn1. The van der Waals surface area contributed by atoms with Crippen molar-refractivity contribution in [3.05, 3.63) is 40.5 Å². The van der Waals surface area contributed by atoms with Crippen LogP contribution in [0.1, 0.15) is 15.4 Å². The molecular formula is C11H10N2O2S. The first-order chi connectivity index (χ1) is 7.79. The van der Waals surface area contributed by atoms with E-state index in [1.807, 2.05) is 17.5 Å². The monoisotopic (exact) mass is 234 g/mol. The number of thiophene rings is 1. The quantitative estimate of drug-likeness (QED) is 0.759. The predicted molar refractivity (Wildman–Crippen MR) is 60.9 cm³/mol. The number of carbonyl (C=O) groups is 1. The number of Topliss-reactive ketones (excluding diaryl/α,β-unsaturated/α-hetero) is 1. The third-order valence-electron chi connectivity index (χ3n) is 2.05. The Bertz CT molecular complexity index is 482. The number of ketones is 1. The molecular weight excluding hydrogens is 224 g/mol. The Kier molecular flexibility index (Phi) is 3.26. The topological polar surface area (TPSA) is 52.1 Å². The van der Waals surface area contributed by atoms with E-state index in [2.05, 4.69) is 9.97 Å². The second kappa shape index (κ2) is 4.85. The fraction of sp³-hybridized carbons (Fsp3) is 0.182. The number of nitrogens with zero attached hydrogens (tertiary/aromatic N) is 2. The van der Waals surface area contributed by atoms with Crippen LogP contribution in [-0.2, 0) is 6.42 Å². The molecule has 0 aromatic carbocycles. The molecule has 0 saturated carbocycles. The molecule has 0 aliphatic carbocycles. The molecule has 0 unspecified atom stereocenters. The van der Waals surface area contributed by atoms with Crippen molar-refractivity contribution < 1.29 is 9.53 Å². The summed E-state index contributed by atoms with van der Waals surface area (Å²) in [6.45, 7) is 0. The number of hydrogen-bond acceptors (Lipinski definition) is 5. The zero-order valence-electron chi connectivity index (χ0n) is 8.71. The van der Waals surface area contributed by atoms with Gasteiger partial charge < -0.3 is 4.74 Å². The highest BCUT2D eigenvalue weighted by Crippen LogP contribution is 2.13. The first-order valence-electron chi connectivity index (χ1n) is 4.71. The van der Waals surface area contributed by atoms with Crippen molar-refractivity contribution in [2.75, 3.05) is 7.11 Å². The van der Waals surface area contributed by atoms with E-state index in [1.165, 1.54) is 24.8 Å². The van der Waals surface area contributed by atoms with Gasteiger partial charge in [-0.1, -0.05) is 6.07 Å². The first kappa shape index (κ1) is 10.8. The molecule has 0 N–H and O–H groups in total. The lowest BCUT2D eigenvalue weighted by atomic mass is 10.2. The molecule has 4 nitrogen and oxygen atoms in total. The van der Waals surface area contributed by atoms with Gasteiger partial charge in [-0.2, -0.15) is 0 Å². The van der Waals surface area contributed by atoms with E-state index in [-0.39, 0.29) is 12.2 Å². The number of aromatic nitrogens is 2. The number of carbonyl (C=O) groups excluding carboxylic acids is 1. The van der Waals surface area contributed by atoms with Gasteiger partial charge in [0.05, 0.1) is 24.1 Å². The van der Waals surface area contributed by atoms with Crippen molar-refractivity contribution >= 4 is 17.1 Å². The van der Waals surface area contributed by atoms with Crippen LogP contribution in [0.4, 0.5) is 0 Å². The third-order valence-corrected chi connectivity index (χ3v) is 2.96. The van der Waals surface area contributed by atoms with E-state index < -0.39 is 0 Å². The lowest BCUT2D eigenvalue weighted by Crippen LogP contribution is -2.03. The lowest BCUT2D eigenvalue weighted by Gasteiger charge is -2.01. The average molecular weight is 234 g/mol. The maximum absolute atomic E-state index is 11.8. The summed E-state index contributed by atoms with van der Waals surface area (Å²) in [4.78, 5) is 20.4. The molecule has 5 heteroatoms. The predicted octanol–water partition coefficient (Wildman–Crippen LogP) is 1.97. The molecule has 0 radical (unpaired) electrons. The first-order valence-corrected chi connectivity index (χ1v) is 5.59. The number of hydrogen-bond donors (Lipinski definition) is 0. The fourth-order valence-corrected chi connectivity index (χ4v) is 1.94. The molecule has 2 heterocycles. The maximum atomic E-state index is 11.8. The van der Waals surface area contributed by atoms with E-state index >= 15 is 0 Å². The largest absolute Gasteiger partial charge is 0.481 e. The standard InChI is InChI=1S/C11H10N2O2S/c1-15-11-6-8(12-7-13-11)5-9(14)10-3-2-4-16-10/h2-4,6-7H,5H2,1H3. The van der Waals surface area contributed by atoms with Crippen molar-refractivity contribution in [1.29, 1.82) is 0 Å². The summed E-state index contributed by atoms with van der Waals surface area (Å²) < 4.78 is 4.97. The van der Waals surface area contributed by atoms with Gasteiger partial charge in [0.1, 0.15) is 6.33 Å². The van der Waals surface area contributed by atoms with Crippen LogP contribution >= 0.6 is 11.3 Å². The van der Waals surface area contributed by atoms with Crippen LogP contribution in [0.15, 0.2) is 29.9 Å². The van der Waals surface area contributed by atoms with Gasteiger partial charge in [0.25, 0.3) is 0 Å². The molecule has 0 spiro atoms. The van der Waals surface area contributed by atoms with Gasteiger partial charge in [0, 0.05) is 6.07 Å². The Balaban J connectivity index is 2.12. The number of rotatable bonds is 4. The Morgan fingerprint density at radius 3 is 3.06 bits per heavy atom. The highest BCUT2D eigenvalue weighted by molar-refractivity contribution is 7.12. The van der Waals surface area contributed by atoms with E-state index in [4.69, 9.17) is 4.74 Å². The summed E-state index contributed by atoms with van der Waals surface area (Å²) in [6.07, 6.45) is 1.68. The van der Waals surface area contributed by atoms with Crippen LogP contribution in [-0.4, -0.2) is 22.9 Å². The molecule has 2 aromatic rings. The smallest absolute Gasteiger partial charge is 0.216 e. The van der Waals surface area contributed by atoms with Crippen LogP contribution in [0.5, 0.6) is 5.88 Å². The van der Waals surface area contributed by atoms with Gasteiger partial charge in [0.15, 0.2) is 5.78 Å². The van der Waals surface area contributed by atoms with Crippen LogP contribution in [0, 0.1) is 0 Å². The van der Waals surface area contributed by atoms with Crippen molar-refractivity contribution in [3.8, 4) is 5.88 Å². The maximum Gasteiger partial charge on any atom is 0.216 e. The molecule has 2 aromatic heterocycles. The van der Waals surface area contributed by atoms with E-state index in [0.29, 0.717) is 11.6 Å².